The van der Waals surface area contributed by atoms with Gasteiger partial charge in [-0.05, 0) is 69.9 Å². The lowest BCUT2D eigenvalue weighted by Gasteiger charge is -2.49. The molecule has 0 radical (unpaired) electrons. The van der Waals surface area contributed by atoms with Gasteiger partial charge in [0.05, 0.1) is 12.7 Å². The summed E-state index contributed by atoms with van der Waals surface area (Å²) < 4.78 is 12.1. The summed E-state index contributed by atoms with van der Waals surface area (Å²) in [7, 11) is 0. The van der Waals surface area contributed by atoms with Crippen LogP contribution in [0.4, 0.5) is 4.79 Å². The van der Waals surface area contributed by atoms with E-state index < -0.39 is 5.60 Å². The summed E-state index contributed by atoms with van der Waals surface area (Å²) in [6.45, 7) is 16.6. The number of hydrogen-bond acceptors (Lipinski definition) is 3. The number of benzene rings is 1. The fraction of sp³-hybridized carbons (Fsp3) is 0.640. The molecular weight excluding hydrogens is 362 g/mol. The highest BCUT2D eigenvalue weighted by atomic mass is 16.6. The minimum Gasteiger partial charge on any atom is -0.444 e. The third-order valence-electron chi connectivity index (χ3n) is 6.44. The van der Waals surface area contributed by atoms with Crippen molar-refractivity contribution in [2.75, 3.05) is 19.7 Å². The Labute approximate surface area is 176 Å². The fourth-order valence-electron chi connectivity index (χ4n) is 4.73. The quantitative estimate of drug-likeness (QED) is 0.592. The van der Waals surface area contributed by atoms with Gasteiger partial charge in [0, 0.05) is 19.0 Å². The number of carbonyl (C=O) groups is 1. The summed E-state index contributed by atoms with van der Waals surface area (Å²) in [5.41, 5.74) is 3.53. The molecule has 4 heteroatoms. The maximum absolute atomic E-state index is 12.4. The van der Waals surface area contributed by atoms with Crippen LogP contribution < -0.4 is 0 Å². The molecule has 0 aromatic heterocycles. The molecule has 0 unspecified atom stereocenters. The number of rotatable bonds is 3. The smallest absolute Gasteiger partial charge is 0.410 e. The third-order valence-corrected chi connectivity index (χ3v) is 6.44. The Morgan fingerprint density at radius 1 is 1.28 bits per heavy atom. The average Bonchev–Trinajstić information content (AvgIpc) is 2.67. The summed E-state index contributed by atoms with van der Waals surface area (Å²) >= 11 is 0. The second kappa shape index (κ2) is 8.51. The van der Waals surface area contributed by atoms with Crippen molar-refractivity contribution in [1.82, 2.24) is 4.90 Å². The fourth-order valence-corrected chi connectivity index (χ4v) is 4.73. The molecule has 2 aliphatic rings. The number of carbonyl (C=O) groups excluding carboxylic acids is 1. The minimum absolute atomic E-state index is 0.0816. The van der Waals surface area contributed by atoms with Crippen molar-refractivity contribution in [3.63, 3.8) is 0 Å². The maximum Gasteiger partial charge on any atom is 0.410 e. The SMILES string of the molecule is C=C(C)[C@@H]1CC2(CCN(C(=O)OC(C)(C)C)CC2)CO[C@H]1c1ccccc1CC. The molecule has 3 rings (SSSR count). The lowest BCUT2D eigenvalue weighted by Crippen LogP contribution is -2.49. The van der Waals surface area contributed by atoms with Crippen molar-refractivity contribution < 1.29 is 14.3 Å². The maximum atomic E-state index is 12.4. The lowest BCUT2D eigenvalue weighted by atomic mass is 9.67. The minimum atomic E-state index is -0.453. The Kier molecular flexibility index (Phi) is 6.42. The zero-order chi connectivity index (χ0) is 21.2. The number of hydrogen-bond donors (Lipinski definition) is 0. The van der Waals surface area contributed by atoms with Crippen LogP contribution in [0, 0.1) is 11.3 Å². The van der Waals surface area contributed by atoms with Crippen LogP contribution in [-0.4, -0.2) is 36.3 Å². The van der Waals surface area contributed by atoms with Gasteiger partial charge in [-0.1, -0.05) is 43.3 Å². The van der Waals surface area contributed by atoms with Crippen molar-refractivity contribution >= 4 is 6.09 Å². The molecule has 0 aliphatic carbocycles. The molecule has 0 saturated carbocycles. The second-order valence-corrected chi connectivity index (χ2v) is 9.91. The van der Waals surface area contributed by atoms with Crippen LogP contribution in [0.2, 0.25) is 0 Å². The number of nitrogens with zero attached hydrogens (tertiary/aromatic N) is 1. The van der Waals surface area contributed by atoms with Crippen LogP contribution in [0.5, 0.6) is 0 Å². The molecule has 29 heavy (non-hydrogen) atoms. The Morgan fingerprint density at radius 3 is 2.52 bits per heavy atom. The molecular formula is C25H37NO3. The molecule has 2 atom stereocenters. The van der Waals surface area contributed by atoms with E-state index in [-0.39, 0.29) is 17.6 Å². The molecule has 1 amide bonds. The molecule has 0 N–H and O–H groups in total. The largest absolute Gasteiger partial charge is 0.444 e. The van der Waals surface area contributed by atoms with Crippen LogP contribution in [-0.2, 0) is 15.9 Å². The Balaban J connectivity index is 1.70. The molecule has 2 saturated heterocycles. The van der Waals surface area contributed by atoms with Crippen molar-refractivity contribution in [3.05, 3.63) is 47.5 Å². The summed E-state index contributed by atoms with van der Waals surface area (Å²) in [4.78, 5) is 14.3. The summed E-state index contributed by atoms with van der Waals surface area (Å²) in [6.07, 6.45) is 3.88. The highest BCUT2D eigenvalue weighted by Gasteiger charge is 2.45. The van der Waals surface area contributed by atoms with Crippen molar-refractivity contribution in [1.29, 1.82) is 0 Å². The van der Waals surface area contributed by atoms with Gasteiger partial charge in [0.15, 0.2) is 0 Å². The van der Waals surface area contributed by atoms with E-state index in [0.29, 0.717) is 5.92 Å². The van der Waals surface area contributed by atoms with Crippen molar-refractivity contribution in [3.8, 4) is 0 Å². The molecule has 1 spiro atoms. The normalized spacial score (nSPS) is 24.4. The number of aryl methyl sites for hydroxylation is 1. The molecule has 0 bridgehead atoms. The van der Waals surface area contributed by atoms with E-state index in [9.17, 15) is 4.79 Å². The van der Waals surface area contributed by atoms with E-state index in [1.165, 1.54) is 16.7 Å². The Hall–Kier alpha value is -1.81. The van der Waals surface area contributed by atoms with E-state index in [1.54, 1.807) is 0 Å². The van der Waals surface area contributed by atoms with Gasteiger partial charge in [-0.3, -0.25) is 0 Å². The number of amides is 1. The first-order valence-electron chi connectivity index (χ1n) is 11.0. The van der Waals surface area contributed by atoms with Gasteiger partial charge in [-0.15, -0.1) is 0 Å². The third kappa shape index (κ3) is 5.03. The highest BCUT2D eigenvalue weighted by Crippen LogP contribution is 2.50. The van der Waals surface area contributed by atoms with Gasteiger partial charge < -0.3 is 14.4 Å². The van der Waals surface area contributed by atoms with Crippen LogP contribution in [0.25, 0.3) is 0 Å². The summed E-state index contributed by atoms with van der Waals surface area (Å²) in [6, 6.07) is 8.63. The molecule has 1 aromatic rings. The second-order valence-electron chi connectivity index (χ2n) is 9.91. The first-order chi connectivity index (χ1) is 13.6. The molecule has 1 aromatic carbocycles. The lowest BCUT2D eigenvalue weighted by molar-refractivity contribution is -0.111. The molecule has 2 heterocycles. The van der Waals surface area contributed by atoms with Gasteiger partial charge in [0.25, 0.3) is 0 Å². The predicted molar refractivity (Wildman–Crippen MR) is 117 cm³/mol. The first-order valence-corrected chi connectivity index (χ1v) is 11.0. The van der Waals surface area contributed by atoms with Gasteiger partial charge in [-0.2, -0.15) is 0 Å². The monoisotopic (exact) mass is 399 g/mol. The van der Waals surface area contributed by atoms with Gasteiger partial charge in [-0.25, -0.2) is 4.79 Å². The number of ether oxygens (including phenoxy) is 2. The molecule has 160 valence electrons. The van der Waals surface area contributed by atoms with Gasteiger partial charge in [0.1, 0.15) is 5.60 Å². The van der Waals surface area contributed by atoms with Crippen LogP contribution in [0.1, 0.15) is 71.1 Å². The van der Waals surface area contributed by atoms with E-state index in [0.717, 1.165) is 45.4 Å². The molecule has 4 nitrogen and oxygen atoms in total. The Bertz CT molecular complexity index is 741. The number of likely N-dealkylation sites (tertiary alicyclic amines) is 1. The molecule has 2 fully saturated rings. The molecule has 2 aliphatic heterocycles. The van der Waals surface area contributed by atoms with Crippen LogP contribution in [0.15, 0.2) is 36.4 Å². The average molecular weight is 400 g/mol. The number of piperidine rings is 1. The zero-order valence-electron chi connectivity index (χ0n) is 18.8. The van der Waals surface area contributed by atoms with Crippen molar-refractivity contribution in [2.24, 2.45) is 11.3 Å². The zero-order valence-corrected chi connectivity index (χ0v) is 18.8. The Morgan fingerprint density at radius 2 is 1.93 bits per heavy atom. The highest BCUT2D eigenvalue weighted by molar-refractivity contribution is 5.68. The standard InChI is InChI=1S/C25H37NO3/c1-7-19-10-8-9-11-20(19)22-21(18(2)3)16-25(17-28-22)12-14-26(15-13-25)23(27)29-24(4,5)6/h8-11,21-22H,2,7,12-17H2,1,3-6H3/t21-,22-/m0/s1. The van der Waals surface area contributed by atoms with Crippen LogP contribution in [0.3, 0.4) is 0 Å². The van der Waals surface area contributed by atoms with Gasteiger partial charge in [0.2, 0.25) is 0 Å². The van der Waals surface area contributed by atoms with E-state index in [1.807, 2.05) is 25.7 Å². The van der Waals surface area contributed by atoms with E-state index >= 15 is 0 Å². The topological polar surface area (TPSA) is 38.8 Å². The van der Waals surface area contributed by atoms with E-state index in [4.69, 9.17) is 9.47 Å². The van der Waals surface area contributed by atoms with E-state index in [2.05, 4.69) is 44.7 Å². The van der Waals surface area contributed by atoms with Crippen LogP contribution >= 0.6 is 0 Å². The predicted octanol–water partition coefficient (Wildman–Crippen LogP) is 5.92. The summed E-state index contributed by atoms with van der Waals surface area (Å²) in [5, 5.41) is 0. The summed E-state index contributed by atoms with van der Waals surface area (Å²) in [5.74, 6) is 0.310. The van der Waals surface area contributed by atoms with Gasteiger partial charge >= 0.3 is 6.09 Å². The first kappa shape index (κ1) is 21.9. The van der Waals surface area contributed by atoms with Crippen molar-refractivity contribution in [2.45, 2.75) is 72.0 Å².